The van der Waals surface area contributed by atoms with Crippen LogP contribution in [0.3, 0.4) is 0 Å². The normalized spacial score (nSPS) is 45.4. The fourth-order valence-corrected chi connectivity index (χ4v) is 3.06. The molecule has 8 heteroatoms. The van der Waals surface area contributed by atoms with Crippen molar-refractivity contribution >= 4 is 0 Å². The fraction of sp³-hybridized carbons (Fsp3) is 1.00. The number of nitrogens with one attached hydrogen (secondary N) is 1. The summed E-state index contributed by atoms with van der Waals surface area (Å²) in [5.41, 5.74) is 5.87. The molecule has 0 aromatic rings. The molecule has 23 heavy (non-hydrogen) atoms. The minimum absolute atomic E-state index is 0.0691. The SMILES string of the molecule is CO[C@H]1C[C@H](O[C@@H]2[C@@H](O)[C@H](N)[C@@H](C)O[C@H]2O)OC[C@@H]1NC(C)C. The van der Waals surface area contributed by atoms with Gasteiger partial charge in [-0.3, -0.25) is 0 Å². The van der Waals surface area contributed by atoms with Crippen molar-refractivity contribution in [2.24, 2.45) is 5.73 Å². The Labute approximate surface area is 137 Å². The van der Waals surface area contributed by atoms with Crippen molar-refractivity contribution in [1.29, 1.82) is 0 Å². The number of hydrogen-bond donors (Lipinski definition) is 4. The van der Waals surface area contributed by atoms with Crippen LogP contribution in [0.2, 0.25) is 0 Å². The van der Waals surface area contributed by atoms with Crippen LogP contribution in [0, 0.1) is 0 Å². The average Bonchev–Trinajstić information content (AvgIpc) is 2.50. The second-order valence-corrected chi connectivity index (χ2v) is 6.60. The molecule has 2 heterocycles. The van der Waals surface area contributed by atoms with E-state index in [1.54, 1.807) is 14.0 Å². The van der Waals surface area contributed by atoms with E-state index in [0.717, 1.165) is 0 Å². The first kappa shape index (κ1) is 19.0. The van der Waals surface area contributed by atoms with Crippen LogP contribution < -0.4 is 11.1 Å². The molecule has 0 radical (unpaired) electrons. The van der Waals surface area contributed by atoms with Crippen LogP contribution in [0.25, 0.3) is 0 Å². The van der Waals surface area contributed by atoms with Crippen molar-refractivity contribution in [1.82, 2.24) is 5.32 Å². The van der Waals surface area contributed by atoms with Gasteiger partial charge in [0.15, 0.2) is 12.6 Å². The molecule has 0 unspecified atom stereocenters. The smallest absolute Gasteiger partial charge is 0.184 e. The van der Waals surface area contributed by atoms with Crippen LogP contribution in [0.1, 0.15) is 27.2 Å². The molecule has 5 N–H and O–H groups in total. The lowest BCUT2D eigenvalue weighted by Gasteiger charge is -2.43. The quantitative estimate of drug-likeness (QED) is 0.502. The monoisotopic (exact) mass is 334 g/mol. The van der Waals surface area contributed by atoms with E-state index in [1.165, 1.54) is 0 Å². The van der Waals surface area contributed by atoms with Gasteiger partial charge in [0.25, 0.3) is 0 Å². The molecular formula is C15H30N2O6. The topological polar surface area (TPSA) is 115 Å². The lowest BCUT2D eigenvalue weighted by atomic mass is 9.97. The van der Waals surface area contributed by atoms with Gasteiger partial charge in [-0.25, -0.2) is 0 Å². The molecule has 0 aliphatic carbocycles. The molecule has 0 spiro atoms. The number of rotatable bonds is 5. The van der Waals surface area contributed by atoms with Gasteiger partial charge in [0.05, 0.1) is 30.9 Å². The highest BCUT2D eigenvalue weighted by Crippen LogP contribution is 2.26. The average molecular weight is 334 g/mol. The Kier molecular flexibility index (Phi) is 6.76. The summed E-state index contributed by atoms with van der Waals surface area (Å²) in [6, 6.07) is -0.242. The Morgan fingerprint density at radius 3 is 2.61 bits per heavy atom. The van der Waals surface area contributed by atoms with E-state index >= 15 is 0 Å². The molecule has 8 nitrogen and oxygen atoms in total. The number of ether oxygens (including phenoxy) is 4. The summed E-state index contributed by atoms with van der Waals surface area (Å²) >= 11 is 0. The van der Waals surface area contributed by atoms with E-state index in [4.69, 9.17) is 24.7 Å². The third kappa shape index (κ3) is 4.61. The highest BCUT2D eigenvalue weighted by molar-refractivity contribution is 4.91. The van der Waals surface area contributed by atoms with Crippen LogP contribution >= 0.6 is 0 Å². The minimum Gasteiger partial charge on any atom is -0.388 e. The maximum absolute atomic E-state index is 10.2. The van der Waals surface area contributed by atoms with Crippen LogP contribution in [0.5, 0.6) is 0 Å². The highest BCUT2D eigenvalue weighted by atomic mass is 16.7. The summed E-state index contributed by atoms with van der Waals surface area (Å²) in [4.78, 5) is 0. The van der Waals surface area contributed by atoms with E-state index in [0.29, 0.717) is 19.1 Å². The van der Waals surface area contributed by atoms with E-state index < -0.39 is 36.9 Å². The summed E-state index contributed by atoms with van der Waals surface area (Å²) in [5, 5.41) is 23.6. The standard InChI is InChI=1S/C15H30N2O6/c1-7(2)17-9-6-21-11(5-10(9)20-4)23-14-13(18)12(16)8(3)22-15(14)19/h7-15,17-19H,5-6,16H2,1-4H3/t8-,9+,10+,11+,12-,13+,14-,15-/m1/s1. The molecule has 0 bridgehead atoms. The predicted octanol–water partition coefficient (Wildman–Crippen LogP) is -1.08. The van der Waals surface area contributed by atoms with Crippen molar-refractivity contribution in [2.75, 3.05) is 13.7 Å². The van der Waals surface area contributed by atoms with Gasteiger partial charge in [0, 0.05) is 19.6 Å². The van der Waals surface area contributed by atoms with Gasteiger partial charge in [0.1, 0.15) is 12.2 Å². The first-order valence-corrected chi connectivity index (χ1v) is 8.16. The maximum atomic E-state index is 10.2. The first-order valence-electron chi connectivity index (χ1n) is 8.16. The van der Waals surface area contributed by atoms with Gasteiger partial charge in [-0.1, -0.05) is 13.8 Å². The molecule has 0 aromatic carbocycles. The van der Waals surface area contributed by atoms with Gasteiger partial charge < -0.3 is 40.2 Å². The maximum Gasteiger partial charge on any atom is 0.184 e. The number of hydrogen-bond acceptors (Lipinski definition) is 8. The highest BCUT2D eigenvalue weighted by Gasteiger charge is 2.44. The first-order chi connectivity index (χ1) is 10.8. The summed E-state index contributed by atoms with van der Waals surface area (Å²) in [7, 11) is 1.65. The zero-order valence-electron chi connectivity index (χ0n) is 14.2. The molecule has 2 aliphatic rings. The minimum atomic E-state index is -1.24. The molecule has 2 saturated heterocycles. The van der Waals surface area contributed by atoms with Crippen molar-refractivity contribution in [3.05, 3.63) is 0 Å². The molecule has 136 valence electrons. The van der Waals surface area contributed by atoms with E-state index in [-0.39, 0.29) is 12.1 Å². The summed E-state index contributed by atoms with van der Waals surface area (Å²) in [6.07, 6.45) is -3.84. The number of aliphatic hydroxyl groups excluding tert-OH is 2. The van der Waals surface area contributed by atoms with Crippen LogP contribution in [0.15, 0.2) is 0 Å². The van der Waals surface area contributed by atoms with Crippen LogP contribution in [-0.2, 0) is 18.9 Å². The van der Waals surface area contributed by atoms with Gasteiger partial charge in [-0.15, -0.1) is 0 Å². The lowest BCUT2D eigenvalue weighted by Crippen LogP contribution is -2.62. The molecule has 8 atom stereocenters. The van der Waals surface area contributed by atoms with E-state index in [2.05, 4.69) is 19.2 Å². The third-order valence-corrected chi connectivity index (χ3v) is 4.40. The molecule has 2 rings (SSSR count). The summed E-state index contributed by atoms with van der Waals surface area (Å²) in [6.45, 7) is 6.24. The summed E-state index contributed by atoms with van der Waals surface area (Å²) in [5.74, 6) is 0. The molecule has 0 amide bonds. The molecular weight excluding hydrogens is 304 g/mol. The fourth-order valence-electron chi connectivity index (χ4n) is 3.06. The van der Waals surface area contributed by atoms with Crippen molar-refractivity contribution in [3.63, 3.8) is 0 Å². The van der Waals surface area contributed by atoms with Crippen molar-refractivity contribution in [3.8, 4) is 0 Å². The Bertz CT molecular complexity index is 372. The molecule has 0 saturated carbocycles. The second-order valence-electron chi connectivity index (χ2n) is 6.60. The van der Waals surface area contributed by atoms with Gasteiger partial charge in [-0.05, 0) is 6.92 Å². The summed E-state index contributed by atoms with van der Waals surface area (Å²) < 4.78 is 22.2. The Balaban J connectivity index is 1.93. The number of aliphatic hydroxyl groups is 2. The zero-order chi connectivity index (χ0) is 17.1. The Morgan fingerprint density at radius 1 is 1.30 bits per heavy atom. The molecule has 0 aromatic heterocycles. The van der Waals surface area contributed by atoms with E-state index in [9.17, 15) is 10.2 Å². The molecule has 2 fully saturated rings. The van der Waals surface area contributed by atoms with Crippen LogP contribution in [0.4, 0.5) is 0 Å². The van der Waals surface area contributed by atoms with Gasteiger partial charge in [-0.2, -0.15) is 0 Å². The Hall–Kier alpha value is -0.320. The van der Waals surface area contributed by atoms with Crippen LogP contribution in [-0.4, -0.2) is 79.1 Å². The predicted molar refractivity (Wildman–Crippen MR) is 82.6 cm³/mol. The lowest BCUT2D eigenvalue weighted by molar-refractivity contribution is -0.310. The number of methoxy groups -OCH3 is 1. The Morgan fingerprint density at radius 2 is 2.00 bits per heavy atom. The third-order valence-electron chi connectivity index (χ3n) is 4.40. The van der Waals surface area contributed by atoms with Crippen molar-refractivity contribution < 1.29 is 29.2 Å². The van der Waals surface area contributed by atoms with Gasteiger partial charge in [0.2, 0.25) is 0 Å². The second kappa shape index (κ2) is 8.17. The molecule has 2 aliphatic heterocycles. The largest absolute Gasteiger partial charge is 0.388 e. The number of nitrogens with two attached hydrogens (primary N) is 1. The van der Waals surface area contributed by atoms with Gasteiger partial charge >= 0.3 is 0 Å². The van der Waals surface area contributed by atoms with Crippen molar-refractivity contribution in [2.45, 2.75) is 82.3 Å². The van der Waals surface area contributed by atoms with E-state index in [1.807, 2.05) is 0 Å². The zero-order valence-corrected chi connectivity index (χ0v) is 14.2.